The van der Waals surface area contributed by atoms with Crippen LogP contribution in [0.3, 0.4) is 0 Å². The van der Waals surface area contributed by atoms with E-state index in [9.17, 15) is 5.11 Å². The number of aromatic nitrogens is 4. The van der Waals surface area contributed by atoms with E-state index in [0.717, 1.165) is 0 Å². The molecule has 1 heterocycles. The summed E-state index contributed by atoms with van der Waals surface area (Å²) in [5.74, 6) is 0.266. The van der Waals surface area contributed by atoms with Gasteiger partial charge in [-0.2, -0.15) is 4.80 Å². The maximum Gasteiger partial charge on any atom is 0.204 e. The molecule has 6 nitrogen and oxygen atoms in total. The molecule has 0 bridgehead atoms. The van der Waals surface area contributed by atoms with E-state index in [0.29, 0.717) is 0 Å². The normalized spacial score (nSPS) is 16.4. The second-order valence-corrected chi connectivity index (χ2v) is 2.44. The topological polar surface area (TPSA) is 89.9 Å². The van der Waals surface area contributed by atoms with E-state index in [1.807, 2.05) is 0 Å². The summed E-state index contributed by atoms with van der Waals surface area (Å²) < 4.78 is 0. The molecular formula is C5H11N5O. The molecule has 11 heavy (non-hydrogen) atoms. The minimum absolute atomic E-state index is 0.266. The van der Waals surface area contributed by atoms with Gasteiger partial charge in [0.2, 0.25) is 5.82 Å². The highest BCUT2D eigenvalue weighted by atomic mass is 16.3. The minimum Gasteiger partial charge on any atom is -0.383 e. The van der Waals surface area contributed by atoms with Crippen molar-refractivity contribution in [2.75, 3.05) is 0 Å². The molecule has 0 saturated carbocycles. The Bertz CT molecular complexity index is 233. The lowest BCUT2D eigenvalue weighted by atomic mass is 10.2. The number of rotatable bonds is 2. The summed E-state index contributed by atoms with van der Waals surface area (Å²) in [4.78, 5) is 1.28. The van der Waals surface area contributed by atoms with Crippen molar-refractivity contribution < 1.29 is 5.11 Å². The highest BCUT2D eigenvalue weighted by molar-refractivity contribution is 4.88. The number of nitrogens with zero attached hydrogens (tertiary/aromatic N) is 4. The molecular weight excluding hydrogens is 146 g/mol. The highest BCUT2D eigenvalue weighted by Gasteiger charge is 2.16. The van der Waals surface area contributed by atoms with Gasteiger partial charge in [0, 0.05) is 6.04 Å². The molecule has 0 aliphatic rings. The van der Waals surface area contributed by atoms with Gasteiger partial charge >= 0.3 is 0 Å². The average molecular weight is 157 g/mol. The molecule has 0 aliphatic carbocycles. The van der Waals surface area contributed by atoms with Gasteiger partial charge in [-0.1, -0.05) is 0 Å². The molecule has 0 spiro atoms. The predicted molar refractivity (Wildman–Crippen MR) is 37.4 cm³/mol. The van der Waals surface area contributed by atoms with Crippen LogP contribution < -0.4 is 5.73 Å². The molecule has 0 saturated heterocycles. The molecule has 0 aliphatic heterocycles. The second kappa shape index (κ2) is 2.93. The number of aliphatic hydroxyl groups excluding tert-OH is 1. The smallest absolute Gasteiger partial charge is 0.204 e. The molecule has 62 valence electrons. The fourth-order valence-electron chi connectivity index (χ4n) is 0.652. The molecule has 6 heteroatoms. The van der Waals surface area contributed by atoms with Crippen molar-refractivity contribution in [1.29, 1.82) is 0 Å². The SMILES string of the molecule is CC(N)C(O)c1nnn(C)n1. The molecule has 1 rings (SSSR count). The van der Waals surface area contributed by atoms with Crippen LogP contribution in [0.4, 0.5) is 0 Å². The van der Waals surface area contributed by atoms with E-state index in [4.69, 9.17) is 5.73 Å². The summed E-state index contributed by atoms with van der Waals surface area (Å²) in [6, 6.07) is -0.376. The van der Waals surface area contributed by atoms with E-state index >= 15 is 0 Å². The number of aryl methyl sites for hydroxylation is 1. The third-order valence-corrected chi connectivity index (χ3v) is 1.29. The fraction of sp³-hybridized carbons (Fsp3) is 0.800. The van der Waals surface area contributed by atoms with Crippen molar-refractivity contribution in [2.45, 2.75) is 19.1 Å². The van der Waals surface area contributed by atoms with Gasteiger partial charge < -0.3 is 10.8 Å². The molecule has 3 N–H and O–H groups in total. The quantitative estimate of drug-likeness (QED) is 0.550. The van der Waals surface area contributed by atoms with Crippen molar-refractivity contribution in [3.05, 3.63) is 5.82 Å². The molecule has 0 fully saturated rings. The maximum atomic E-state index is 9.31. The van der Waals surface area contributed by atoms with Crippen molar-refractivity contribution in [3.63, 3.8) is 0 Å². The van der Waals surface area contributed by atoms with Gasteiger partial charge in [0.15, 0.2) is 0 Å². The number of nitrogens with two attached hydrogens (primary N) is 1. The zero-order valence-corrected chi connectivity index (χ0v) is 6.47. The minimum atomic E-state index is -0.830. The van der Waals surface area contributed by atoms with Crippen LogP contribution in [0.2, 0.25) is 0 Å². The number of hydrogen-bond acceptors (Lipinski definition) is 5. The number of tetrazole rings is 1. The molecule has 0 aromatic carbocycles. The van der Waals surface area contributed by atoms with Crippen LogP contribution in [0.5, 0.6) is 0 Å². The standard InChI is InChI=1S/C5H11N5O/c1-3(6)4(11)5-7-9-10(2)8-5/h3-4,11H,6H2,1-2H3. The van der Waals surface area contributed by atoms with Crippen molar-refractivity contribution in [2.24, 2.45) is 12.8 Å². The first kappa shape index (κ1) is 8.09. The summed E-state index contributed by atoms with van der Waals surface area (Å²) in [7, 11) is 1.63. The molecule has 2 unspecified atom stereocenters. The van der Waals surface area contributed by atoms with Gasteiger partial charge in [-0.15, -0.1) is 10.2 Å². The Kier molecular flexibility index (Phi) is 2.16. The Morgan fingerprint density at radius 2 is 2.27 bits per heavy atom. The lowest BCUT2D eigenvalue weighted by Gasteiger charge is -2.08. The maximum absolute atomic E-state index is 9.31. The molecule has 1 aromatic rings. The van der Waals surface area contributed by atoms with Crippen LogP contribution in [0.1, 0.15) is 18.9 Å². The van der Waals surface area contributed by atoms with Crippen LogP contribution in [-0.4, -0.2) is 31.4 Å². The first-order valence-corrected chi connectivity index (χ1v) is 3.29. The monoisotopic (exact) mass is 157 g/mol. The third kappa shape index (κ3) is 1.72. The average Bonchev–Trinajstić information content (AvgIpc) is 2.34. The lowest BCUT2D eigenvalue weighted by molar-refractivity contribution is 0.143. The van der Waals surface area contributed by atoms with E-state index < -0.39 is 6.10 Å². The Hall–Kier alpha value is -1.01. The third-order valence-electron chi connectivity index (χ3n) is 1.29. The Morgan fingerprint density at radius 1 is 1.64 bits per heavy atom. The summed E-state index contributed by atoms with van der Waals surface area (Å²) in [6.07, 6.45) is -0.830. The Balaban J connectivity index is 2.76. The van der Waals surface area contributed by atoms with E-state index in [-0.39, 0.29) is 11.9 Å². The van der Waals surface area contributed by atoms with Crippen molar-refractivity contribution in [3.8, 4) is 0 Å². The van der Waals surface area contributed by atoms with Crippen LogP contribution in [0.15, 0.2) is 0 Å². The summed E-state index contributed by atoms with van der Waals surface area (Å²) >= 11 is 0. The predicted octanol–water partition coefficient (Wildman–Crippen LogP) is -1.41. The van der Waals surface area contributed by atoms with Gasteiger partial charge in [0.25, 0.3) is 0 Å². The summed E-state index contributed by atoms with van der Waals surface area (Å²) in [5.41, 5.74) is 5.41. The van der Waals surface area contributed by atoms with Crippen molar-refractivity contribution >= 4 is 0 Å². The van der Waals surface area contributed by atoms with Crippen LogP contribution in [0.25, 0.3) is 0 Å². The fourth-order valence-corrected chi connectivity index (χ4v) is 0.652. The van der Waals surface area contributed by atoms with E-state index in [1.165, 1.54) is 4.80 Å². The number of aliphatic hydroxyl groups is 1. The molecule has 2 atom stereocenters. The van der Waals surface area contributed by atoms with E-state index in [2.05, 4.69) is 15.4 Å². The first-order chi connectivity index (χ1) is 5.11. The van der Waals surface area contributed by atoms with Gasteiger partial charge in [-0.3, -0.25) is 0 Å². The summed E-state index contributed by atoms with van der Waals surface area (Å²) in [6.45, 7) is 1.68. The first-order valence-electron chi connectivity index (χ1n) is 3.29. The molecule has 0 radical (unpaired) electrons. The molecule has 1 aromatic heterocycles. The van der Waals surface area contributed by atoms with Crippen LogP contribution >= 0.6 is 0 Å². The Morgan fingerprint density at radius 3 is 2.64 bits per heavy atom. The Labute approximate surface area is 64.0 Å². The second-order valence-electron chi connectivity index (χ2n) is 2.44. The van der Waals surface area contributed by atoms with Gasteiger partial charge in [0.05, 0.1) is 7.05 Å². The van der Waals surface area contributed by atoms with Gasteiger partial charge in [-0.05, 0) is 12.1 Å². The zero-order chi connectivity index (χ0) is 8.43. The van der Waals surface area contributed by atoms with Gasteiger partial charge in [-0.25, -0.2) is 0 Å². The number of hydrogen-bond donors (Lipinski definition) is 2. The largest absolute Gasteiger partial charge is 0.383 e. The van der Waals surface area contributed by atoms with Crippen LogP contribution in [0, 0.1) is 0 Å². The highest BCUT2D eigenvalue weighted by Crippen LogP contribution is 2.07. The lowest BCUT2D eigenvalue weighted by Crippen LogP contribution is -2.25. The molecule has 0 amide bonds. The van der Waals surface area contributed by atoms with Crippen molar-refractivity contribution in [1.82, 2.24) is 20.2 Å². The summed E-state index contributed by atoms with van der Waals surface area (Å²) in [5, 5.41) is 20.3. The van der Waals surface area contributed by atoms with E-state index in [1.54, 1.807) is 14.0 Å². The van der Waals surface area contributed by atoms with Gasteiger partial charge in [0.1, 0.15) is 6.10 Å². The van der Waals surface area contributed by atoms with Crippen LogP contribution in [-0.2, 0) is 7.05 Å². The zero-order valence-electron chi connectivity index (χ0n) is 6.47.